The van der Waals surface area contributed by atoms with Crippen LogP contribution < -0.4 is 15.4 Å². The molecular formula is C20H18N2O2S. The van der Waals surface area contributed by atoms with E-state index < -0.39 is 0 Å². The highest BCUT2D eigenvalue weighted by Crippen LogP contribution is 2.25. The number of thiocarbonyl (C=S) groups is 1. The molecule has 5 heteroatoms. The molecule has 0 aliphatic rings. The molecule has 126 valence electrons. The molecule has 0 bridgehead atoms. The summed E-state index contributed by atoms with van der Waals surface area (Å²) in [6, 6.07) is 19.2. The summed E-state index contributed by atoms with van der Waals surface area (Å²) in [6.07, 6.45) is 0. The van der Waals surface area contributed by atoms with E-state index in [1.165, 1.54) is 0 Å². The fraction of sp³-hybridized carbons (Fsp3) is 0.100. The first-order valence-electron chi connectivity index (χ1n) is 7.82. The number of methoxy groups -OCH3 is 1. The standard InChI is InChI=1S/C20H18N2O2S/c1-13-7-9-16(10-8-13)21-20(25)22-19(23)17-11-14-5-3-4-6-15(14)12-18(17)24-2/h3-12H,1-2H3,(H2,21,22,23,25). The zero-order valence-electron chi connectivity index (χ0n) is 14.0. The molecule has 0 radical (unpaired) electrons. The largest absolute Gasteiger partial charge is 0.496 e. The molecule has 3 rings (SSSR count). The maximum atomic E-state index is 12.6. The lowest BCUT2D eigenvalue weighted by molar-refractivity contribution is 0.0975. The molecule has 0 unspecified atom stereocenters. The molecule has 0 aromatic heterocycles. The van der Waals surface area contributed by atoms with Crippen LogP contribution in [-0.4, -0.2) is 18.1 Å². The van der Waals surface area contributed by atoms with Crippen LogP contribution >= 0.6 is 12.2 Å². The summed E-state index contributed by atoms with van der Waals surface area (Å²) in [4.78, 5) is 12.6. The molecule has 0 fully saturated rings. The van der Waals surface area contributed by atoms with Crippen LogP contribution in [0.25, 0.3) is 10.8 Å². The van der Waals surface area contributed by atoms with Crippen molar-refractivity contribution in [2.45, 2.75) is 6.92 Å². The lowest BCUT2D eigenvalue weighted by Crippen LogP contribution is -2.34. The van der Waals surface area contributed by atoms with E-state index in [1.807, 2.05) is 61.5 Å². The van der Waals surface area contributed by atoms with Crippen LogP contribution in [0.3, 0.4) is 0 Å². The van der Waals surface area contributed by atoms with Gasteiger partial charge in [-0.05, 0) is 54.2 Å². The minimum Gasteiger partial charge on any atom is -0.496 e. The summed E-state index contributed by atoms with van der Waals surface area (Å²) in [5.74, 6) is 0.196. The highest BCUT2D eigenvalue weighted by Gasteiger charge is 2.15. The molecule has 0 aliphatic carbocycles. The number of rotatable bonds is 3. The van der Waals surface area contributed by atoms with Gasteiger partial charge in [0.25, 0.3) is 5.91 Å². The Bertz CT molecular complexity index is 936. The second kappa shape index (κ2) is 7.32. The maximum Gasteiger partial charge on any atom is 0.261 e. The highest BCUT2D eigenvalue weighted by molar-refractivity contribution is 7.80. The van der Waals surface area contributed by atoms with Crippen molar-refractivity contribution in [3.05, 3.63) is 71.8 Å². The van der Waals surface area contributed by atoms with Crippen LogP contribution in [0.5, 0.6) is 5.75 Å². The summed E-state index contributed by atoms with van der Waals surface area (Å²) in [6.45, 7) is 2.01. The summed E-state index contributed by atoms with van der Waals surface area (Å²) in [5, 5.41) is 7.92. The van der Waals surface area contributed by atoms with Crippen molar-refractivity contribution in [3.63, 3.8) is 0 Å². The van der Waals surface area contributed by atoms with Crippen molar-refractivity contribution in [1.82, 2.24) is 5.32 Å². The van der Waals surface area contributed by atoms with Gasteiger partial charge < -0.3 is 10.1 Å². The number of hydrogen-bond acceptors (Lipinski definition) is 3. The Morgan fingerprint density at radius 3 is 2.28 bits per heavy atom. The smallest absolute Gasteiger partial charge is 0.261 e. The minimum absolute atomic E-state index is 0.240. The van der Waals surface area contributed by atoms with Crippen molar-refractivity contribution in [1.29, 1.82) is 0 Å². The Morgan fingerprint density at radius 1 is 1.00 bits per heavy atom. The van der Waals surface area contributed by atoms with Crippen LogP contribution in [-0.2, 0) is 0 Å². The first-order valence-corrected chi connectivity index (χ1v) is 8.23. The number of carbonyl (C=O) groups excluding carboxylic acids is 1. The Morgan fingerprint density at radius 2 is 1.64 bits per heavy atom. The monoisotopic (exact) mass is 350 g/mol. The molecule has 0 spiro atoms. The Kier molecular flexibility index (Phi) is 4.95. The number of nitrogens with one attached hydrogen (secondary N) is 2. The molecule has 1 amide bonds. The predicted octanol–water partition coefficient (Wildman–Crippen LogP) is 4.28. The molecule has 0 saturated heterocycles. The predicted molar refractivity (Wildman–Crippen MR) is 105 cm³/mol. The third-order valence-electron chi connectivity index (χ3n) is 3.85. The topological polar surface area (TPSA) is 50.4 Å². The van der Waals surface area contributed by atoms with Gasteiger partial charge >= 0.3 is 0 Å². The average molecular weight is 350 g/mol. The summed E-state index contributed by atoms with van der Waals surface area (Å²) in [5.41, 5.74) is 2.41. The van der Waals surface area contributed by atoms with Crippen molar-refractivity contribution >= 4 is 39.7 Å². The zero-order chi connectivity index (χ0) is 17.8. The van der Waals surface area contributed by atoms with Gasteiger partial charge in [0.05, 0.1) is 12.7 Å². The van der Waals surface area contributed by atoms with Crippen molar-refractivity contribution in [2.24, 2.45) is 0 Å². The molecule has 0 aliphatic heterocycles. The maximum absolute atomic E-state index is 12.6. The van der Waals surface area contributed by atoms with E-state index in [2.05, 4.69) is 10.6 Å². The van der Waals surface area contributed by atoms with Gasteiger partial charge in [0.1, 0.15) is 5.75 Å². The van der Waals surface area contributed by atoms with Gasteiger partial charge in [-0.2, -0.15) is 0 Å². The fourth-order valence-electron chi connectivity index (χ4n) is 2.54. The summed E-state index contributed by atoms with van der Waals surface area (Å²) >= 11 is 5.24. The number of hydrogen-bond donors (Lipinski definition) is 2. The number of ether oxygens (including phenoxy) is 1. The van der Waals surface area contributed by atoms with Gasteiger partial charge in [-0.15, -0.1) is 0 Å². The van der Waals surface area contributed by atoms with Gasteiger partial charge in [0.15, 0.2) is 5.11 Å². The Labute approximate surface area is 151 Å². The van der Waals surface area contributed by atoms with Crippen LogP contribution in [0.2, 0.25) is 0 Å². The Hall–Kier alpha value is -2.92. The van der Waals surface area contributed by atoms with E-state index in [1.54, 1.807) is 13.2 Å². The van der Waals surface area contributed by atoms with Gasteiger partial charge in [-0.3, -0.25) is 10.1 Å². The van der Waals surface area contributed by atoms with Crippen LogP contribution in [0.15, 0.2) is 60.7 Å². The lowest BCUT2D eigenvalue weighted by atomic mass is 10.1. The third kappa shape index (κ3) is 3.95. The zero-order valence-corrected chi connectivity index (χ0v) is 14.8. The van der Waals surface area contributed by atoms with Gasteiger partial charge in [-0.1, -0.05) is 42.0 Å². The van der Waals surface area contributed by atoms with Crippen LogP contribution in [0.4, 0.5) is 5.69 Å². The molecule has 3 aromatic rings. The van der Waals surface area contributed by atoms with Gasteiger partial charge in [-0.25, -0.2) is 0 Å². The van der Waals surface area contributed by atoms with E-state index in [0.29, 0.717) is 11.3 Å². The number of anilines is 1. The quantitative estimate of drug-likeness (QED) is 0.692. The van der Waals surface area contributed by atoms with Gasteiger partial charge in [0, 0.05) is 5.69 Å². The van der Waals surface area contributed by atoms with E-state index in [4.69, 9.17) is 17.0 Å². The van der Waals surface area contributed by atoms with E-state index in [0.717, 1.165) is 22.0 Å². The molecule has 25 heavy (non-hydrogen) atoms. The highest BCUT2D eigenvalue weighted by atomic mass is 32.1. The first kappa shape index (κ1) is 16.9. The molecule has 3 aromatic carbocycles. The minimum atomic E-state index is -0.313. The summed E-state index contributed by atoms with van der Waals surface area (Å²) in [7, 11) is 1.55. The number of fused-ring (bicyclic) bond motifs is 1. The number of amides is 1. The number of carbonyl (C=O) groups is 1. The van der Waals surface area contributed by atoms with E-state index in [9.17, 15) is 4.79 Å². The van der Waals surface area contributed by atoms with Crippen molar-refractivity contribution < 1.29 is 9.53 Å². The number of aryl methyl sites for hydroxylation is 1. The SMILES string of the molecule is COc1cc2ccccc2cc1C(=O)NC(=S)Nc1ccc(C)cc1. The second-order valence-electron chi connectivity index (χ2n) is 5.67. The van der Waals surface area contributed by atoms with Crippen LogP contribution in [0, 0.1) is 6.92 Å². The van der Waals surface area contributed by atoms with Crippen molar-refractivity contribution in [2.75, 3.05) is 12.4 Å². The molecular weight excluding hydrogens is 332 g/mol. The molecule has 4 nitrogen and oxygen atoms in total. The summed E-state index contributed by atoms with van der Waals surface area (Å²) < 4.78 is 5.36. The number of benzene rings is 3. The average Bonchev–Trinajstić information content (AvgIpc) is 2.62. The lowest BCUT2D eigenvalue weighted by Gasteiger charge is -2.13. The Balaban J connectivity index is 1.79. The molecule has 0 saturated carbocycles. The second-order valence-corrected chi connectivity index (χ2v) is 6.08. The van der Waals surface area contributed by atoms with E-state index >= 15 is 0 Å². The fourth-order valence-corrected chi connectivity index (χ4v) is 2.75. The molecule has 0 heterocycles. The third-order valence-corrected chi connectivity index (χ3v) is 4.05. The first-order chi connectivity index (χ1) is 12.1. The molecule has 2 N–H and O–H groups in total. The molecule has 0 atom stereocenters. The normalized spacial score (nSPS) is 10.3. The van der Waals surface area contributed by atoms with Crippen LogP contribution in [0.1, 0.15) is 15.9 Å². The van der Waals surface area contributed by atoms with E-state index in [-0.39, 0.29) is 11.0 Å². The van der Waals surface area contributed by atoms with Gasteiger partial charge in [0.2, 0.25) is 0 Å². The van der Waals surface area contributed by atoms with Crippen molar-refractivity contribution in [3.8, 4) is 5.75 Å².